The third kappa shape index (κ3) is 4.65. The highest BCUT2D eigenvalue weighted by Crippen LogP contribution is 2.14. The van der Waals surface area contributed by atoms with E-state index in [-0.39, 0.29) is 34.7 Å². The van der Waals surface area contributed by atoms with E-state index in [1.807, 2.05) is 20.8 Å². The minimum atomic E-state index is -0.488. The first-order chi connectivity index (χ1) is 7.30. The van der Waals surface area contributed by atoms with Crippen molar-refractivity contribution in [3.63, 3.8) is 0 Å². The molecule has 0 unspecified atom stereocenters. The Kier molecular flexibility index (Phi) is 5.48. The highest BCUT2D eigenvalue weighted by atomic mass is 79.9. The standard InChI is InChI=1S/C12H16N2O2.BrH/c1-12(2,3)10(15)8-14-6-4-5-9(7-14)11(13)16;/h4-7H,8H2,1-3H3,(H-,13,16);1H. The van der Waals surface area contributed by atoms with Gasteiger partial charge in [0.05, 0.1) is 0 Å². The van der Waals surface area contributed by atoms with E-state index in [1.54, 1.807) is 29.1 Å². The molecule has 0 saturated carbocycles. The van der Waals surface area contributed by atoms with Crippen LogP contribution in [0.4, 0.5) is 0 Å². The summed E-state index contributed by atoms with van der Waals surface area (Å²) in [5.74, 6) is -0.378. The fourth-order valence-corrected chi connectivity index (χ4v) is 1.17. The highest BCUT2D eigenvalue weighted by Gasteiger charge is 2.24. The summed E-state index contributed by atoms with van der Waals surface area (Å²) < 4.78 is 1.67. The molecule has 0 aliphatic carbocycles. The van der Waals surface area contributed by atoms with Crippen molar-refractivity contribution in [2.75, 3.05) is 0 Å². The molecule has 0 bridgehead atoms. The predicted molar refractivity (Wildman–Crippen MR) is 59.6 cm³/mol. The summed E-state index contributed by atoms with van der Waals surface area (Å²) >= 11 is 0. The lowest BCUT2D eigenvalue weighted by Gasteiger charge is -2.13. The van der Waals surface area contributed by atoms with Crippen LogP contribution in [-0.2, 0) is 11.3 Å². The van der Waals surface area contributed by atoms with Crippen LogP contribution in [0.25, 0.3) is 0 Å². The van der Waals surface area contributed by atoms with Crippen LogP contribution in [0.2, 0.25) is 0 Å². The molecule has 0 radical (unpaired) electrons. The third-order valence-corrected chi connectivity index (χ3v) is 2.31. The molecule has 1 rings (SSSR count). The van der Waals surface area contributed by atoms with Crippen molar-refractivity contribution < 1.29 is 31.1 Å². The average Bonchev–Trinajstić information content (AvgIpc) is 2.16. The molecule has 0 aromatic carbocycles. The average molecular weight is 301 g/mol. The van der Waals surface area contributed by atoms with Gasteiger partial charge in [0.2, 0.25) is 12.3 Å². The second-order valence-corrected chi connectivity index (χ2v) is 4.80. The molecule has 0 atom stereocenters. The molecule has 0 saturated heterocycles. The molecular formula is C12H17BrN2O2. The number of amides is 1. The number of hydrogen-bond donors (Lipinski definition) is 1. The van der Waals surface area contributed by atoms with Gasteiger partial charge in [0.25, 0.3) is 5.91 Å². The number of Topliss-reactive ketones (excluding diaryl/α,β-unsaturated/α-hetero) is 1. The Bertz CT molecular complexity index is 425. The lowest BCUT2D eigenvalue weighted by atomic mass is 9.91. The molecule has 1 amide bonds. The van der Waals surface area contributed by atoms with Gasteiger partial charge in [-0.1, -0.05) is 20.8 Å². The smallest absolute Gasteiger partial charge is 0.254 e. The van der Waals surface area contributed by atoms with E-state index in [0.717, 1.165) is 0 Å². The largest absolute Gasteiger partial charge is 1.00 e. The number of pyridine rings is 1. The van der Waals surface area contributed by atoms with Crippen LogP contribution in [0.3, 0.4) is 0 Å². The van der Waals surface area contributed by atoms with Crippen molar-refractivity contribution in [2.45, 2.75) is 27.3 Å². The van der Waals surface area contributed by atoms with Crippen molar-refractivity contribution >= 4 is 11.7 Å². The summed E-state index contributed by atoms with van der Waals surface area (Å²) in [7, 11) is 0. The molecule has 0 fully saturated rings. The molecule has 2 N–H and O–H groups in total. The normalized spacial score (nSPS) is 10.5. The van der Waals surface area contributed by atoms with Gasteiger partial charge in [-0.25, -0.2) is 0 Å². The van der Waals surface area contributed by atoms with Crippen LogP contribution in [0.1, 0.15) is 31.1 Å². The minimum absolute atomic E-state index is 0. The number of nitrogens with two attached hydrogens (primary N) is 1. The van der Waals surface area contributed by atoms with Crippen LogP contribution in [0.15, 0.2) is 24.5 Å². The van der Waals surface area contributed by atoms with Crippen LogP contribution < -0.4 is 27.3 Å². The number of halogens is 1. The summed E-state index contributed by atoms with van der Waals surface area (Å²) in [6, 6.07) is 3.33. The number of aromatic nitrogens is 1. The summed E-state index contributed by atoms with van der Waals surface area (Å²) in [5.41, 5.74) is 5.19. The Morgan fingerprint density at radius 3 is 2.41 bits per heavy atom. The highest BCUT2D eigenvalue weighted by molar-refractivity contribution is 5.92. The Morgan fingerprint density at radius 1 is 1.35 bits per heavy atom. The van der Waals surface area contributed by atoms with E-state index < -0.39 is 5.91 Å². The molecule has 0 aliphatic heterocycles. The summed E-state index contributed by atoms with van der Waals surface area (Å²) in [6.07, 6.45) is 3.34. The zero-order valence-corrected chi connectivity index (χ0v) is 11.8. The minimum Gasteiger partial charge on any atom is -1.00 e. The van der Waals surface area contributed by atoms with E-state index in [0.29, 0.717) is 5.56 Å². The van der Waals surface area contributed by atoms with Gasteiger partial charge in [-0.15, -0.1) is 0 Å². The number of carbonyl (C=O) groups excluding carboxylic acids is 2. The van der Waals surface area contributed by atoms with E-state index in [1.165, 1.54) is 0 Å². The number of nitrogens with zero attached hydrogens (tertiary/aromatic N) is 1. The zero-order valence-electron chi connectivity index (χ0n) is 10.2. The first kappa shape index (κ1) is 15.8. The van der Waals surface area contributed by atoms with Crippen LogP contribution >= 0.6 is 0 Å². The summed E-state index contributed by atoms with van der Waals surface area (Å²) in [6.45, 7) is 5.86. The fourth-order valence-electron chi connectivity index (χ4n) is 1.17. The third-order valence-electron chi connectivity index (χ3n) is 2.31. The lowest BCUT2D eigenvalue weighted by Crippen LogP contribution is -3.00. The summed E-state index contributed by atoms with van der Waals surface area (Å²) in [5, 5.41) is 0. The second kappa shape index (κ2) is 5.91. The van der Waals surface area contributed by atoms with Gasteiger partial charge in [-0.2, -0.15) is 4.57 Å². The Morgan fingerprint density at radius 2 is 1.94 bits per heavy atom. The van der Waals surface area contributed by atoms with Crippen LogP contribution in [-0.4, -0.2) is 11.7 Å². The van der Waals surface area contributed by atoms with Crippen molar-refractivity contribution in [1.29, 1.82) is 0 Å². The summed E-state index contributed by atoms with van der Waals surface area (Å²) in [4.78, 5) is 22.7. The SMILES string of the molecule is CC(C)(C)C(=O)C[n+]1cccc(C(N)=O)c1.[Br-]. The first-order valence-corrected chi connectivity index (χ1v) is 5.13. The van der Waals surface area contributed by atoms with Crippen molar-refractivity contribution in [3.05, 3.63) is 30.1 Å². The van der Waals surface area contributed by atoms with Gasteiger partial charge in [0.1, 0.15) is 5.56 Å². The molecule has 1 aromatic rings. The number of hydrogen-bond acceptors (Lipinski definition) is 2. The monoisotopic (exact) mass is 300 g/mol. The van der Waals surface area contributed by atoms with Crippen molar-refractivity contribution in [1.82, 2.24) is 0 Å². The maximum atomic E-state index is 11.8. The number of rotatable bonds is 3. The second-order valence-electron chi connectivity index (χ2n) is 4.80. The van der Waals surface area contributed by atoms with E-state index in [4.69, 9.17) is 5.73 Å². The topological polar surface area (TPSA) is 64.0 Å². The van der Waals surface area contributed by atoms with Gasteiger partial charge >= 0.3 is 0 Å². The lowest BCUT2D eigenvalue weighted by molar-refractivity contribution is -0.684. The van der Waals surface area contributed by atoms with E-state index >= 15 is 0 Å². The molecule has 4 nitrogen and oxygen atoms in total. The molecular weight excluding hydrogens is 284 g/mol. The number of ketones is 1. The van der Waals surface area contributed by atoms with Gasteiger partial charge < -0.3 is 22.7 Å². The fraction of sp³-hybridized carbons (Fsp3) is 0.417. The molecule has 0 aliphatic rings. The number of carbonyl (C=O) groups is 2. The van der Waals surface area contributed by atoms with Gasteiger partial charge in [0.15, 0.2) is 12.4 Å². The maximum absolute atomic E-state index is 11.8. The zero-order chi connectivity index (χ0) is 12.3. The van der Waals surface area contributed by atoms with Crippen LogP contribution in [0, 0.1) is 5.41 Å². The van der Waals surface area contributed by atoms with Gasteiger partial charge in [-0.3, -0.25) is 9.59 Å². The molecule has 94 valence electrons. The van der Waals surface area contributed by atoms with Gasteiger partial charge in [0, 0.05) is 11.5 Å². The molecule has 0 spiro atoms. The predicted octanol–water partition coefficient (Wildman–Crippen LogP) is -2.31. The molecule has 1 aromatic heterocycles. The van der Waals surface area contributed by atoms with Gasteiger partial charge in [-0.05, 0) is 6.07 Å². The Balaban J connectivity index is 0.00000256. The van der Waals surface area contributed by atoms with Crippen LogP contribution in [0.5, 0.6) is 0 Å². The van der Waals surface area contributed by atoms with Crippen molar-refractivity contribution in [3.8, 4) is 0 Å². The molecule has 1 heterocycles. The Labute approximate surface area is 112 Å². The van der Waals surface area contributed by atoms with Crippen molar-refractivity contribution in [2.24, 2.45) is 11.1 Å². The number of primary amides is 1. The first-order valence-electron chi connectivity index (χ1n) is 5.13. The Hall–Kier alpha value is -1.23. The molecule has 5 heteroatoms. The van der Waals surface area contributed by atoms with E-state index in [9.17, 15) is 9.59 Å². The maximum Gasteiger partial charge on any atom is 0.254 e. The quantitative estimate of drug-likeness (QED) is 0.638. The van der Waals surface area contributed by atoms with E-state index in [2.05, 4.69) is 0 Å². The molecule has 17 heavy (non-hydrogen) atoms.